The molecule has 0 fully saturated rings. The van der Waals surface area contributed by atoms with Gasteiger partial charge in [0.25, 0.3) is 0 Å². The lowest BCUT2D eigenvalue weighted by Crippen LogP contribution is -1.99. The van der Waals surface area contributed by atoms with Gasteiger partial charge in [0.1, 0.15) is 17.4 Å². The summed E-state index contributed by atoms with van der Waals surface area (Å²) in [5.41, 5.74) is -0.751. The number of aromatic nitrogens is 1. The predicted molar refractivity (Wildman–Crippen MR) is 77.2 cm³/mol. The van der Waals surface area contributed by atoms with Crippen LogP contribution in [0.3, 0.4) is 0 Å². The summed E-state index contributed by atoms with van der Waals surface area (Å²) >= 11 is 17.4. The van der Waals surface area contributed by atoms with E-state index in [4.69, 9.17) is 44.8 Å². The van der Waals surface area contributed by atoms with Gasteiger partial charge >= 0.3 is 5.69 Å². The van der Waals surface area contributed by atoms with Crippen LogP contribution in [0.25, 0.3) is 0 Å². The summed E-state index contributed by atoms with van der Waals surface area (Å²) in [7, 11) is 0. The second-order valence-corrected chi connectivity index (χ2v) is 4.89. The molecule has 0 amide bonds. The zero-order chi connectivity index (χ0) is 15.6. The Morgan fingerprint density at radius 1 is 1.33 bits per heavy atom. The molecule has 0 saturated heterocycles. The Hall–Kier alpha value is -2.07. The molecule has 0 unspecified atom stereocenters. The number of hydrogen-bond acceptors (Lipinski definition) is 5. The first kappa shape index (κ1) is 15.3. The summed E-state index contributed by atoms with van der Waals surface area (Å²) in [6.45, 7) is 0. The minimum atomic E-state index is -0.782. The molecule has 1 aromatic heterocycles. The Kier molecular flexibility index (Phi) is 4.48. The quantitative estimate of drug-likeness (QED) is 0.460. The molecule has 0 aliphatic rings. The molecular weight excluding hydrogens is 341 g/mol. The Bertz CT molecular complexity index is 774. The Morgan fingerprint density at radius 3 is 2.62 bits per heavy atom. The first-order valence-corrected chi connectivity index (χ1v) is 6.43. The topological polar surface area (TPSA) is 89.0 Å². The number of benzene rings is 1. The van der Waals surface area contributed by atoms with E-state index in [2.05, 4.69) is 4.98 Å². The first-order chi connectivity index (χ1) is 9.93. The van der Waals surface area contributed by atoms with Crippen molar-refractivity contribution in [2.45, 2.75) is 0 Å². The zero-order valence-electron chi connectivity index (χ0n) is 10.0. The summed E-state index contributed by atoms with van der Waals surface area (Å²) in [6.07, 6.45) is 1.08. The predicted octanol–water partition coefficient (Wildman–Crippen LogP) is 4.61. The molecular formula is C12H4Cl3N3O3. The SMILES string of the molecule is N#Cc1cnc(Cl)c([N+](=O)[O-])c1Oc1ccc(Cl)cc1Cl. The first-order valence-electron chi connectivity index (χ1n) is 5.30. The van der Waals surface area contributed by atoms with Crippen molar-refractivity contribution in [2.75, 3.05) is 0 Å². The summed E-state index contributed by atoms with van der Waals surface area (Å²) in [4.78, 5) is 13.9. The highest BCUT2D eigenvalue weighted by Gasteiger charge is 2.26. The highest BCUT2D eigenvalue weighted by molar-refractivity contribution is 6.35. The van der Waals surface area contributed by atoms with Gasteiger partial charge in [0.15, 0.2) is 0 Å². The van der Waals surface area contributed by atoms with E-state index in [0.29, 0.717) is 5.02 Å². The molecule has 1 heterocycles. The van der Waals surface area contributed by atoms with E-state index in [1.165, 1.54) is 18.2 Å². The van der Waals surface area contributed by atoms with E-state index >= 15 is 0 Å². The molecule has 0 bridgehead atoms. The fourth-order valence-corrected chi connectivity index (χ4v) is 2.12. The minimum absolute atomic E-state index is 0.0999. The van der Waals surface area contributed by atoms with Crippen LogP contribution < -0.4 is 4.74 Å². The molecule has 1 aromatic carbocycles. The molecule has 21 heavy (non-hydrogen) atoms. The molecule has 0 atom stereocenters. The van der Waals surface area contributed by atoms with E-state index < -0.39 is 10.6 Å². The zero-order valence-corrected chi connectivity index (χ0v) is 12.3. The van der Waals surface area contributed by atoms with Gasteiger partial charge in [0.05, 0.1) is 16.1 Å². The fourth-order valence-electron chi connectivity index (χ4n) is 1.47. The Balaban J connectivity index is 2.60. The number of pyridine rings is 1. The number of halogens is 3. The fraction of sp³-hybridized carbons (Fsp3) is 0. The normalized spacial score (nSPS) is 10.0. The standard InChI is InChI=1S/C12H4Cl3N3O3/c13-7-1-2-9(8(14)3-7)21-11-6(4-16)5-17-12(15)10(11)18(19)20/h1-3,5H. The van der Waals surface area contributed by atoms with Gasteiger partial charge in [-0.2, -0.15) is 5.26 Å². The van der Waals surface area contributed by atoms with Gasteiger partial charge in [-0.3, -0.25) is 10.1 Å². The molecule has 0 aliphatic heterocycles. The van der Waals surface area contributed by atoms with Crippen LogP contribution in [0.5, 0.6) is 11.5 Å². The minimum Gasteiger partial charge on any atom is -0.447 e. The van der Waals surface area contributed by atoms with E-state index in [0.717, 1.165) is 6.20 Å². The molecule has 2 rings (SSSR count). The molecule has 0 saturated carbocycles. The second kappa shape index (κ2) is 6.14. The van der Waals surface area contributed by atoms with Crippen LogP contribution in [0.15, 0.2) is 24.4 Å². The highest BCUT2D eigenvalue weighted by Crippen LogP contribution is 2.40. The van der Waals surface area contributed by atoms with Crippen molar-refractivity contribution in [3.05, 3.63) is 55.3 Å². The number of nitriles is 1. The molecule has 6 nitrogen and oxygen atoms in total. The molecule has 9 heteroatoms. The van der Waals surface area contributed by atoms with Crippen molar-refractivity contribution in [1.82, 2.24) is 4.98 Å². The van der Waals surface area contributed by atoms with Crippen LogP contribution in [-0.4, -0.2) is 9.91 Å². The van der Waals surface area contributed by atoms with Crippen LogP contribution in [0, 0.1) is 21.4 Å². The average Bonchev–Trinajstić information content (AvgIpc) is 2.41. The van der Waals surface area contributed by atoms with Gasteiger partial charge in [-0.05, 0) is 18.2 Å². The third-order valence-corrected chi connectivity index (χ3v) is 3.18. The maximum absolute atomic E-state index is 11.1. The van der Waals surface area contributed by atoms with Gasteiger partial charge in [0.2, 0.25) is 10.9 Å². The molecule has 0 radical (unpaired) electrons. The van der Waals surface area contributed by atoms with Gasteiger partial charge in [-0.15, -0.1) is 0 Å². The van der Waals surface area contributed by atoms with Crippen LogP contribution in [-0.2, 0) is 0 Å². The summed E-state index contributed by atoms with van der Waals surface area (Å²) in [5, 5.41) is 20.2. The van der Waals surface area contributed by atoms with Crippen LogP contribution in [0.4, 0.5) is 5.69 Å². The second-order valence-electron chi connectivity index (χ2n) is 3.69. The molecule has 106 valence electrons. The summed E-state index contributed by atoms with van der Waals surface area (Å²) in [5.74, 6) is -0.227. The van der Waals surface area contributed by atoms with E-state index in [1.807, 2.05) is 0 Å². The van der Waals surface area contributed by atoms with Crippen molar-refractivity contribution in [3.8, 4) is 17.6 Å². The maximum Gasteiger partial charge on any atom is 0.349 e. The number of ether oxygens (including phenoxy) is 1. The van der Waals surface area contributed by atoms with E-state index in [9.17, 15) is 10.1 Å². The van der Waals surface area contributed by atoms with Gasteiger partial charge in [-0.1, -0.05) is 34.8 Å². The molecule has 2 aromatic rings. The number of hydrogen-bond donors (Lipinski definition) is 0. The van der Waals surface area contributed by atoms with Crippen molar-refractivity contribution in [3.63, 3.8) is 0 Å². The third-order valence-electron chi connectivity index (χ3n) is 2.37. The lowest BCUT2D eigenvalue weighted by molar-refractivity contribution is -0.385. The van der Waals surface area contributed by atoms with E-state index in [1.54, 1.807) is 6.07 Å². The number of rotatable bonds is 3. The molecule has 0 spiro atoms. The van der Waals surface area contributed by atoms with Crippen LogP contribution in [0.1, 0.15) is 5.56 Å². The monoisotopic (exact) mass is 343 g/mol. The Morgan fingerprint density at radius 2 is 2.05 bits per heavy atom. The number of nitrogens with zero attached hydrogens (tertiary/aromatic N) is 3. The Labute approximate surface area is 133 Å². The van der Waals surface area contributed by atoms with Crippen molar-refractivity contribution in [2.24, 2.45) is 0 Å². The van der Waals surface area contributed by atoms with E-state index in [-0.39, 0.29) is 27.2 Å². The number of nitro groups is 1. The average molecular weight is 345 g/mol. The van der Waals surface area contributed by atoms with Crippen molar-refractivity contribution >= 4 is 40.5 Å². The van der Waals surface area contributed by atoms with Gasteiger partial charge in [0, 0.05) is 5.02 Å². The van der Waals surface area contributed by atoms with Crippen LogP contribution >= 0.6 is 34.8 Å². The van der Waals surface area contributed by atoms with Gasteiger partial charge in [-0.25, -0.2) is 4.98 Å². The van der Waals surface area contributed by atoms with Gasteiger partial charge < -0.3 is 4.74 Å². The smallest absolute Gasteiger partial charge is 0.349 e. The lowest BCUT2D eigenvalue weighted by Gasteiger charge is -2.09. The lowest BCUT2D eigenvalue weighted by atomic mass is 10.2. The molecule has 0 N–H and O–H groups in total. The van der Waals surface area contributed by atoms with Crippen molar-refractivity contribution < 1.29 is 9.66 Å². The maximum atomic E-state index is 11.1. The third kappa shape index (κ3) is 3.16. The summed E-state index contributed by atoms with van der Waals surface area (Å²) in [6, 6.07) is 6.06. The van der Waals surface area contributed by atoms with Crippen LogP contribution in [0.2, 0.25) is 15.2 Å². The summed E-state index contributed by atoms with van der Waals surface area (Å²) < 4.78 is 5.38. The largest absolute Gasteiger partial charge is 0.447 e. The molecule has 0 aliphatic carbocycles. The highest BCUT2D eigenvalue weighted by atomic mass is 35.5. The van der Waals surface area contributed by atoms with Crippen molar-refractivity contribution in [1.29, 1.82) is 5.26 Å².